The first-order valence-corrected chi connectivity index (χ1v) is 4.14. The van der Waals surface area contributed by atoms with E-state index in [-0.39, 0.29) is 6.07 Å². The highest BCUT2D eigenvalue weighted by molar-refractivity contribution is 8.27. The fourth-order valence-corrected chi connectivity index (χ4v) is 0.834. The number of halogens is 1. The van der Waals surface area contributed by atoms with E-state index in [1.165, 1.54) is 0 Å². The molecule has 44 valence electrons. The molecule has 1 atom stereocenters. The Morgan fingerprint density at radius 2 is 2.43 bits per heavy atom. The van der Waals surface area contributed by atoms with E-state index in [4.69, 9.17) is 16.2 Å². The highest BCUT2D eigenvalue weighted by Gasteiger charge is 1.93. The molecule has 0 spiro atoms. The lowest BCUT2D eigenvalue weighted by molar-refractivity contribution is 0.358. The summed E-state index contributed by atoms with van der Waals surface area (Å²) in [5.74, 6) is 0. The van der Waals surface area contributed by atoms with Gasteiger partial charge in [0.1, 0.15) is 6.07 Å². The van der Waals surface area contributed by atoms with Crippen molar-refractivity contribution >= 4 is 31.8 Å². The Balaban J connectivity index is 3.60. The normalized spacial score (nSPS) is 18.6. The number of hydrogen-bond acceptors (Lipinski definition) is 3. The van der Waals surface area contributed by atoms with E-state index in [2.05, 4.69) is 15.4 Å². The highest BCUT2D eigenvalue weighted by atomic mass is 35.5. The van der Waals surface area contributed by atoms with Crippen LogP contribution in [-0.2, 0) is 24.4 Å². The van der Waals surface area contributed by atoms with Gasteiger partial charge in [-0.3, -0.25) is 8.74 Å². The zero-order chi connectivity index (χ0) is 5.91. The Hall–Kier alpha value is 0.580. The van der Waals surface area contributed by atoms with Gasteiger partial charge in [-0.05, 0) is 0 Å². The molecule has 0 saturated carbocycles. The maximum absolute atomic E-state index is 9.85. The molecule has 0 aromatic carbocycles. The number of hydrogen-bond donors (Lipinski definition) is 1. The molecule has 1 unspecified atom stereocenters. The van der Waals surface area contributed by atoms with Gasteiger partial charge in [0.15, 0.2) is 0 Å². The van der Waals surface area contributed by atoms with Crippen LogP contribution in [0.5, 0.6) is 0 Å². The molecule has 0 aliphatic carbocycles. The van der Waals surface area contributed by atoms with Gasteiger partial charge in [0, 0.05) is 11.2 Å². The van der Waals surface area contributed by atoms with E-state index in [1.54, 1.807) is 0 Å². The van der Waals surface area contributed by atoms with Crippen molar-refractivity contribution in [3.63, 3.8) is 0 Å². The summed E-state index contributed by atoms with van der Waals surface area (Å²) < 4.78 is 21.8. The largest absolute Gasteiger partial charge is 0.285 e. The molecule has 0 aliphatic rings. The SMILES string of the molecule is O=S(O)(=S)OCCl. The molecule has 0 saturated heterocycles. The Morgan fingerprint density at radius 3 is 2.43 bits per heavy atom. The molecule has 0 heterocycles. The van der Waals surface area contributed by atoms with E-state index in [0.29, 0.717) is 0 Å². The second-order valence-corrected chi connectivity index (χ2v) is 3.23. The Labute approximate surface area is 51.3 Å². The maximum atomic E-state index is 9.85. The molecule has 0 radical (unpaired) electrons. The summed E-state index contributed by atoms with van der Waals surface area (Å²) in [6, 6.07) is -0.348. The summed E-state index contributed by atoms with van der Waals surface area (Å²) in [6.45, 7) is 0. The van der Waals surface area contributed by atoms with Crippen LogP contribution in [0.4, 0.5) is 0 Å². The molecule has 0 aromatic rings. The smallest absolute Gasteiger partial charge is 0.267 e. The molecule has 0 aromatic heterocycles. The van der Waals surface area contributed by atoms with Crippen LogP contribution in [0.3, 0.4) is 0 Å². The van der Waals surface area contributed by atoms with Crippen LogP contribution in [0.25, 0.3) is 0 Å². The average Bonchev–Trinajstić information content (AvgIpc) is 1.30. The highest BCUT2D eigenvalue weighted by Crippen LogP contribution is 1.87. The van der Waals surface area contributed by atoms with Crippen LogP contribution >= 0.6 is 11.6 Å². The maximum Gasteiger partial charge on any atom is 0.267 e. The third kappa shape index (κ3) is 6.58. The fourth-order valence-electron chi connectivity index (χ4n) is 0.0563. The Kier molecular flexibility index (Phi) is 3.01. The molecule has 0 rings (SSSR count). The van der Waals surface area contributed by atoms with E-state index in [9.17, 15) is 4.21 Å². The van der Waals surface area contributed by atoms with E-state index >= 15 is 0 Å². The van der Waals surface area contributed by atoms with Gasteiger partial charge < -0.3 is 0 Å². The van der Waals surface area contributed by atoms with Crippen LogP contribution in [-0.4, -0.2) is 14.8 Å². The van der Waals surface area contributed by atoms with Gasteiger partial charge in [-0.25, -0.2) is 0 Å². The average molecular weight is 163 g/mol. The zero-order valence-corrected chi connectivity index (χ0v) is 5.55. The third-order valence-corrected chi connectivity index (χ3v) is 1.14. The lowest BCUT2D eigenvalue weighted by Gasteiger charge is -1.91. The minimum Gasteiger partial charge on any atom is -0.285 e. The summed E-state index contributed by atoms with van der Waals surface area (Å²) >= 11 is 8.72. The van der Waals surface area contributed by atoms with Crippen LogP contribution in [0, 0.1) is 0 Å². The second kappa shape index (κ2) is 2.78. The molecule has 0 fully saturated rings. The predicted octanol–water partition coefficient (Wildman–Crippen LogP) is 0.334. The minimum absolute atomic E-state index is 0.348. The standard InChI is InChI=1S/CH3ClO3S2/c2-1-5-7(3,4)6/h1H2,(H,3,4,6). The lowest BCUT2D eigenvalue weighted by Crippen LogP contribution is -1.98. The third-order valence-electron chi connectivity index (χ3n) is 0.193. The van der Waals surface area contributed by atoms with Gasteiger partial charge in [0.2, 0.25) is 0 Å². The van der Waals surface area contributed by atoms with Gasteiger partial charge in [0.25, 0.3) is 9.05 Å². The first-order chi connectivity index (χ1) is 3.06. The second-order valence-electron chi connectivity index (χ2n) is 0.655. The molecule has 0 aliphatic heterocycles. The van der Waals surface area contributed by atoms with Crippen molar-refractivity contribution in [3.8, 4) is 0 Å². The lowest BCUT2D eigenvalue weighted by atomic mass is 11.7. The minimum atomic E-state index is -3.47. The topological polar surface area (TPSA) is 46.5 Å². The molecular weight excluding hydrogens is 160 g/mol. The molecule has 0 amide bonds. The number of rotatable bonds is 2. The van der Waals surface area contributed by atoms with Crippen LogP contribution in [0.15, 0.2) is 0 Å². The van der Waals surface area contributed by atoms with Crippen LogP contribution in [0.1, 0.15) is 0 Å². The first kappa shape index (κ1) is 7.58. The monoisotopic (exact) mass is 162 g/mol. The van der Waals surface area contributed by atoms with Crippen molar-refractivity contribution in [1.82, 2.24) is 0 Å². The summed E-state index contributed by atoms with van der Waals surface area (Å²) in [5, 5.41) is 0. The van der Waals surface area contributed by atoms with Crippen molar-refractivity contribution in [1.29, 1.82) is 0 Å². The van der Waals surface area contributed by atoms with Crippen molar-refractivity contribution in [3.05, 3.63) is 0 Å². The molecular formula is CH3ClO3S2. The zero-order valence-electron chi connectivity index (χ0n) is 3.17. The first-order valence-electron chi connectivity index (χ1n) is 1.24. The fraction of sp³-hybridized carbons (Fsp3) is 1.00. The molecule has 1 N–H and O–H groups in total. The van der Waals surface area contributed by atoms with Crippen molar-refractivity contribution in [2.45, 2.75) is 0 Å². The van der Waals surface area contributed by atoms with Gasteiger partial charge in [-0.2, -0.15) is 4.21 Å². The van der Waals surface area contributed by atoms with Crippen LogP contribution < -0.4 is 0 Å². The predicted molar refractivity (Wildman–Crippen MR) is 29.9 cm³/mol. The molecule has 6 heteroatoms. The van der Waals surface area contributed by atoms with E-state index in [0.717, 1.165) is 0 Å². The Morgan fingerprint density at radius 1 is 2.00 bits per heavy atom. The van der Waals surface area contributed by atoms with Gasteiger partial charge in [-0.1, -0.05) is 11.6 Å². The summed E-state index contributed by atoms with van der Waals surface area (Å²) in [4.78, 5) is 0. The Bertz CT molecular complexity index is 126. The number of alkyl halides is 1. The van der Waals surface area contributed by atoms with E-state index < -0.39 is 9.05 Å². The van der Waals surface area contributed by atoms with Gasteiger partial charge in [0.05, 0.1) is 0 Å². The summed E-state index contributed by atoms with van der Waals surface area (Å²) in [5.41, 5.74) is 0. The van der Waals surface area contributed by atoms with Crippen LogP contribution in [0.2, 0.25) is 0 Å². The summed E-state index contributed by atoms with van der Waals surface area (Å²) in [6.07, 6.45) is 0. The van der Waals surface area contributed by atoms with Crippen molar-refractivity contribution in [2.75, 3.05) is 6.07 Å². The van der Waals surface area contributed by atoms with Crippen molar-refractivity contribution in [2.24, 2.45) is 0 Å². The van der Waals surface area contributed by atoms with Gasteiger partial charge >= 0.3 is 0 Å². The quantitative estimate of drug-likeness (QED) is 0.595. The van der Waals surface area contributed by atoms with Gasteiger partial charge in [-0.15, -0.1) is 0 Å². The molecule has 3 nitrogen and oxygen atoms in total. The van der Waals surface area contributed by atoms with E-state index in [1.807, 2.05) is 0 Å². The molecule has 7 heavy (non-hydrogen) atoms. The van der Waals surface area contributed by atoms with Crippen molar-refractivity contribution < 1.29 is 12.9 Å². The molecule has 0 bridgehead atoms. The summed E-state index contributed by atoms with van der Waals surface area (Å²) in [7, 11) is -3.47.